The maximum absolute atomic E-state index is 13.3. The van der Waals surface area contributed by atoms with E-state index in [1.165, 1.54) is 0 Å². The molecule has 2 aromatic rings. The highest BCUT2D eigenvalue weighted by Crippen LogP contribution is 2.41. The second-order valence-corrected chi connectivity index (χ2v) is 7.99. The molecule has 0 N–H and O–H groups in total. The number of likely N-dealkylation sites (tertiary alicyclic amines) is 1. The molecule has 1 atom stereocenters. The van der Waals surface area contributed by atoms with Gasteiger partial charge in [-0.15, -0.1) is 4.73 Å². The van der Waals surface area contributed by atoms with E-state index in [9.17, 15) is 33.3 Å². The lowest BCUT2D eigenvalue weighted by molar-refractivity contribution is -0.574. The van der Waals surface area contributed by atoms with Crippen molar-refractivity contribution in [1.82, 2.24) is 4.90 Å². The maximum atomic E-state index is 13.3. The molecule has 160 valence electrons. The molecule has 1 saturated heterocycles. The molecule has 1 aromatic heterocycles. The minimum atomic E-state index is -4.87. The molecule has 1 amide bonds. The smallest absolute Gasteiger partial charge is 0.417 e. The van der Waals surface area contributed by atoms with E-state index in [4.69, 9.17) is 4.74 Å². The zero-order valence-corrected chi connectivity index (χ0v) is 16.4. The number of nitro groups is 1. The van der Waals surface area contributed by atoms with Gasteiger partial charge in [0.05, 0.1) is 10.5 Å². The highest BCUT2D eigenvalue weighted by atomic mass is 32.1. The average molecular weight is 444 g/mol. The van der Waals surface area contributed by atoms with Gasteiger partial charge in [0, 0.05) is 24.7 Å². The molecule has 9 nitrogen and oxygen atoms in total. The van der Waals surface area contributed by atoms with Crippen LogP contribution < -0.4 is 4.73 Å². The van der Waals surface area contributed by atoms with E-state index in [1.54, 1.807) is 4.90 Å². The molecule has 30 heavy (non-hydrogen) atoms. The molecule has 0 aliphatic carbocycles. The normalized spacial score (nSPS) is 19.3. The number of halogens is 3. The SMILES string of the molecule is Cc1c(C(F)(F)F)cc2c(sc(C3=N[C@H](C(=O)N4CCCC4)CO3)[n+]2[O-])c1[N+](=O)[O-]. The van der Waals surface area contributed by atoms with Crippen LogP contribution in [0.15, 0.2) is 11.1 Å². The van der Waals surface area contributed by atoms with E-state index in [-0.39, 0.29) is 32.8 Å². The lowest BCUT2D eigenvalue weighted by Gasteiger charge is -2.16. The van der Waals surface area contributed by atoms with Crippen molar-refractivity contribution in [2.75, 3.05) is 19.7 Å². The van der Waals surface area contributed by atoms with Crippen LogP contribution in [0, 0.1) is 22.2 Å². The number of amides is 1. The fraction of sp³-hybridized carbons (Fsp3) is 0.471. The molecule has 2 aliphatic rings. The van der Waals surface area contributed by atoms with Gasteiger partial charge in [-0.3, -0.25) is 14.9 Å². The number of hydrogen-bond acceptors (Lipinski definition) is 7. The van der Waals surface area contributed by atoms with Crippen LogP contribution in [0.1, 0.15) is 29.0 Å². The summed E-state index contributed by atoms with van der Waals surface area (Å²) in [5, 5.41) is 23.9. The van der Waals surface area contributed by atoms with Gasteiger partial charge in [0.1, 0.15) is 6.61 Å². The third-order valence-electron chi connectivity index (χ3n) is 5.11. The Labute approximate surface area is 171 Å². The molecule has 0 bridgehead atoms. The summed E-state index contributed by atoms with van der Waals surface area (Å²) < 4.78 is 45.3. The van der Waals surface area contributed by atoms with Crippen molar-refractivity contribution in [2.45, 2.75) is 32.0 Å². The average Bonchev–Trinajstić information content (AvgIpc) is 3.40. The number of hydrogen-bond donors (Lipinski definition) is 0. The highest BCUT2D eigenvalue weighted by Gasteiger charge is 2.41. The number of benzene rings is 1. The van der Waals surface area contributed by atoms with Crippen molar-refractivity contribution in [3.8, 4) is 0 Å². The van der Waals surface area contributed by atoms with Crippen LogP contribution in [0.25, 0.3) is 10.2 Å². The Balaban J connectivity index is 1.80. The van der Waals surface area contributed by atoms with Crippen LogP contribution in [-0.2, 0) is 15.7 Å². The molecule has 2 aliphatic heterocycles. The summed E-state index contributed by atoms with van der Waals surface area (Å²) in [6, 6.07) is -0.265. The molecule has 3 heterocycles. The molecular formula is C17H15F3N4O5S. The first-order valence-electron chi connectivity index (χ1n) is 9.00. The Bertz CT molecular complexity index is 1090. The van der Waals surface area contributed by atoms with E-state index < -0.39 is 39.5 Å². The molecule has 0 saturated carbocycles. The van der Waals surface area contributed by atoms with Crippen molar-refractivity contribution in [2.24, 2.45) is 4.99 Å². The topological polar surface area (TPSA) is 112 Å². The number of rotatable bonds is 3. The van der Waals surface area contributed by atoms with E-state index in [2.05, 4.69) is 4.99 Å². The van der Waals surface area contributed by atoms with Crippen molar-refractivity contribution in [3.05, 3.63) is 37.5 Å². The van der Waals surface area contributed by atoms with E-state index >= 15 is 0 Å². The van der Waals surface area contributed by atoms with Gasteiger partial charge in [0.2, 0.25) is 5.52 Å². The minimum Gasteiger partial charge on any atom is -0.617 e. The standard InChI is InChI=1S/C17H15F3N4O5S/c1-8-9(17(18,19)20)6-11-13(12(8)24(27)28)30-16(23(11)26)14-21-10(7-29-14)15(25)22-4-2-3-5-22/h6,10H,2-5,7H2,1H3/t10-/m0/s1. The number of thiazole rings is 1. The molecule has 0 spiro atoms. The van der Waals surface area contributed by atoms with Gasteiger partial charge in [-0.25, -0.2) is 4.99 Å². The van der Waals surface area contributed by atoms with Gasteiger partial charge in [-0.2, -0.15) is 13.2 Å². The summed E-state index contributed by atoms with van der Waals surface area (Å²) in [6.45, 7) is 2.10. The predicted octanol–water partition coefficient (Wildman–Crippen LogP) is 2.54. The Morgan fingerprint density at radius 1 is 1.40 bits per heavy atom. The summed E-state index contributed by atoms with van der Waals surface area (Å²) in [6.07, 6.45) is -3.10. The monoisotopic (exact) mass is 444 g/mol. The zero-order valence-electron chi connectivity index (χ0n) is 15.6. The van der Waals surface area contributed by atoms with Crippen LogP contribution in [0.3, 0.4) is 0 Å². The molecule has 13 heteroatoms. The van der Waals surface area contributed by atoms with E-state index in [0.717, 1.165) is 19.8 Å². The van der Waals surface area contributed by atoms with Crippen molar-refractivity contribution in [1.29, 1.82) is 0 Å². The number of nitrogens with zero attached hydrogens (tertiary/aromatic N) is 4. The summed E-state index contributed by atoms with van der Waals surface area (Å²) >= 11 is 0.616. The summed E-state index contributed by atoms with van der Waals surface area (Å²) in [5.74, 6) is -0.452. The summed E-state index contributed by atoms with van der Waals surface area (Å²) in [4.78, 5) is 28.8. The second kappa shape index (κ2) is 7.07. The second-order valence-electron chi connectivity index (χ2n) is 7.00. The largest absolute Gasteiger partial charge is 0.617 e. The molecule has 0 unspecified atom stereocenters. The lowest BCUT2D eigenvalue weighted by atomic mass is 10.1. The number of aliphatic imine (C=N–C) groups is 1. The first-order valence-corrected chi connectivity index (χ1v) is 9.82. The fourth-order valence-corrected chi connectivity index (χ4v) is 4.78. The fourth-order valence-electron chi connectivity index (χ4n) is 3.64. The molecule has 1 aromatic carbocycles. The highest BCUT2D eigenvalue weighted by molar-refractivity contribution is 7.20. The van der Waals surface area contributed by atoms with Crippen LogP contribution in [0.2, 0.25) is 0 Å². The quantitative estimate of drug-likeness (QED) is 0.313. The minimum absolute atomic E-state index is 0.103. The van der Waals surface area contributed by atoms with Crippen LogP contribution in [0.4, 0.5) is 18.9 Å². The van der Waals surface area contributed by atoms with E-state index in [1.807, 2.05) is 0 Å². The third-order valence-corrected chi connectivity index (χ3v) is 6.26. The van der Waals surface area contributed by atoms with Crippen LogP contribution >= 0.6 is 11.3 Å². The number of carbonyl (C=O) groups is 1. The number of nitro benzene ring substituents is 1. The Hall–Kier alpha value is -2.96. The van der Waals surface area contributed by atoms with Crippen LogP contribution in [-0.4, -0.2) is 47.4 Å². The predicted molar refractivity (Wildman–Crippen MR) is 99.3 cm³/mol. The van der Waals surface area contributed by atoms with Gasteiger partial charge < -0.3 is 14.8 Å². The number of carbonyl (C=O) groups excluding carboxylic acids is 1. The number of alkyl halides is 3. The van der Waals surface area contributed by atoms with Crippen molar-refractivity contribution in [3.63, 3.8) is 0 Å². The number of fused-ring (bicyclic) bond motifs is 1. The molecule has 0 radical (unpaired) electrons. The van der Waals surface area contributed by atoms with Gasteiger partial charge in [-0.1, -0.05) is 0 Å². The first-order chi connectivity index (χ1) is 14.1. The van der Waals surface area contributed by atoms with Gasteiger partial charge >= 0.3 is 11.2 Å². The van der Waals surface area contributed by atoms with Gasteiger partial charge in [0.15, 0.2) is 10.7 Å². The van der Waals surface area contributed by atoms with E-state index in [0.29, 0.717) is 30.5 Å². The Morgan fingerprint density at radius 2 is 2.07 bits per heavy atom. The lowest BCUT2D eigenvalue weighted by Crippen LogP contribution is -2.36. The Morgan fingerprint density at radius 3 is 2.67 bits per heavy atom. The molecule has 1 fully saturated rings. The Kier molecular flexibility index (Phi) is 4.79. The van der Waals surface area contributed by atoms with Crippen LogP contribution in [0.5, 0.6) is 0 Å². The third kappa shape index (κ3) is 3.22. The molecule has 4 rings (SSSR count). The van der Waals surface area contributed by atoms with Crippen molar-refractivity contribution >= 4 is 39.0 Å². The van der Waals surface area contributed by atoms with Gasteiger partial charge in [-0.05, 0) is 31.1 Å². The summed E-state index contributed by atoms with van der Waals surface area (Å²) in [7, 11) is 0. The summed E-state index contributed by atoms with van der Waals surface area (Å²) in [5.41, 5.74) is -3.12. The zero-order chi connectivity index (χ0) is 21.8. The maximum Gasteiger partial charge on any atom is 0.417 e. The first kappa shape index (κ1) is 20.3. The number of aromatic nitrogens is 1. The molecular weight excluding hydrogens is 429 g/mol. The van der Waals surface area contributed by atoms with Crippen molar-refractivity contribution < 1.29 is 32.4 Å². The number of ether oxygens (including phenoxy) is 1. The van der Waals surface area contributed by atoms with Gasteiger partial charge in [0.25, 0.3) is 17.5 Å².